The Balaban J connectivity index is 1.66. The fourth-order valence-electron chi connectivity index (χ4n) is 3.38. The Labute approximate surface area is 181 Å². The molecule has 29 heavy (non-hydrogen) atoms. The average molecular weight is 461 g/mol. The SMILES string of the molecule is C[C@H]1CN(Cc2ccc(Br)cc2Oc2ccccc2)CCN1C(=O)OC(C)(C)C. The van der Waals surface area contributed by atoms with Crippen LogP contribution in [0.15, 0.2) is 53.0 Å². The highest BCUT2D eigenvalue weighted by Gasteiger charge is 2.31. The Hall–Kier alpha value is -2.05. The molecule has 0 N–H and O–H groups in total. The summed E-state index contributed by atoms with van der Waals surface area (Å²) in [6, 6.07) is 16.0. The molecule has 0 bridgehead atoms. The van der Waals surface area contributed by atoms with E-state index in [1.807, 2.05) is 68.1 Å². The standard InChI is InChI=1S/C23H29BrN2O3/c1-17-15-25(12-13-26(17)22(27)29-23(2,3)4)16-18-10-11-19(24)14-21(18)28-20-8-6-5-7-9-20/h5-11,14,17H,12-13,15-16H2,1-4H3/t17-/m0/s1. The van der Waals surface area contributed by atoms with E-state index in [1.54, 1.807) is 0 Å². The molecule has 0 saturated carbocycles. The molecule has 0 radical (unpaired) electrons. The lowest BCUT2D eigenvalue weighted by atomic mass is 10.1. The van der Waals surface area contributed by atoms with E-state index >= 15 is 0 Å². The maximum absolute atomic E-state index is 12.4. The van der Waals surface area contributed by atoms with Crippen LogP contribution in [0.5, 0.6) is 11.5 Å². The van der Waals surface area contributed by atoms with Crippen molar-refractivity contribution in [3.63, 3.8) is 0 Å². The molecule has 5 nitrogen and oxygen atoms in total. The third kappa shape index (κ3) is 6.21. The molecule has 0 aliphatic carbocycles. The van der Waals surface area contributed by atoms with Crippen molar-refractivity contribution >= 4 is 22.0 Å². The van der Waals surface area contributed by atoms with Crippen molar-refractivity contribution < 1.29 is 14.3 Å². The van der Waals surface area contributed by atoms with Crippen LogP contribution in [0.4, 0.5) is 4.79 Å². The van der Waals surface area contributed by atoms with Crippen LogP contribution in [-0.4, -0.2) is 47.2 Å². The van der Waals surface area contributed by atoms with Crippen molar-refractivity contribution in [2.75, 3.05) is 19.6 Å². The second-order valence-corrected chi connectivity index (χ2v) is 9.34. The van der Waals surface area contributed by atoms with Crippen LogP contribution in [0.2, 0.25) is 0 Å². The van der Waals surface area contributed by atoms with E-state index in [1.165, 1.54) is 0 Å². The van der Waals surface area contributed by atoms with Crippen LogP contribution in [-0.2, 0) is 11.3 Å². The van der Waals surface area contributed by atoms with Gasteiger partial charge in [0.05, 0.1) is 0 Å². The van der Waals surface area contributed by atoms with Crippen LogP contribution in [0, 0.1) is 0 Å². The summed E-state index contributed by atoms with van der Waals surface area (Å²) in [7, 11) is 0. The van der Waals surface area contributed by atoms with Crippen LogP contribution >= 0.6 is 15.9 Å². The van der Waals surface area contributed by atoms with Gasteiger partial charge in [-0.15, -0.1) is 0 Å². The third-order valence-electron chi connectivity index (χ3n) is 4.73. The van der Waals surface area contributed by atoms with Gasteiger partial charge in [-0.2, -0.15) is 0 Å². The molecular weight excluding hydrogens is 432 g/mol. The number of hydrogen-bond acceptors (Lipinski definition) is 4. The summed E-state index contributed by atoms with van der Waals surface area (Å²) in [6.45, 7) is 10.8. The lowest BCUT2D eigenvalue weighted by Gasteiger charge is -2.40. The number of amides is 1. The van der Waals surface area contributed by atoms with Crippen molar-refractivity contribution in [2.45, 2.75) is 45.9 Å². The van der Waals surface area contributed by atoms with Gasteiger partial charge in [0.15, 0.2) is 0 Å². The Morgan fingerprint density at radius 2 is 1.86 bits per heavy atom. The number of para-hydroxylation sites is 1. The largest absolute Gasteiger partial charge is 0.457 e. The van der Waals surface area contributed by atoms with Gasteiger partial charge in [-0.25, -0.2) is 4.79 Å². The van der Waals surface area contributed by atoms with Gasteiger partial charge in [0.1, 0.15) is 17.1 Å². The predicted molar refractivity (Wildman–Crippen MR) is 118 cm³/mol. The molecule has 1 atom stereocenters. The second kappa shape index (κ2) is 9.18. The predicted octanol–water partition coefficient (Wildman–Crippen LogP) is 5.68. The van der Waals surface area contributed by atoms with Gasteiger partial charge in [-0.05, 0) is 52.0 Å². The average Bonchev–Trinajstić information content (AvgIpc) is 2.63. The number of ether oxygens (including phenoxy) is 2. The molecule has 1 aliphatic heterocycles. The molecule has 2 aromatic carbocycles. The van der Waals surface area contributed by atoms with Crippen LogP contribution in [0.3, 0.4) is 0 Å². The molecule has 0 spiro atoms. The maximum Gasteiger partial charge on any atom is 0.410 e. The summed E-state index contributed by atoms with van der Waals surface area (Å²) >= 11 is 3.54. The van der Waals surface area contributed by atoms with Crippen molar-refractivity contribution in [1.82, 2.24) is 9.80 Å². The minimum Gasteiger partial charge on any atom is -0.457 e. The van der Waals surface area contributed by atoms with Crippen LogP contribution in [0.25, 0.3) is 0 Å². The first-order valence-corrected chi connectivity index (χ1v) is 10.7. The minimum atomic E-state index is -0.477. The lowest BCUT2D eigenvalue weighted by Crippen LogP contribution is -2.54. The zero-order chi connectivity index (χ0) is 21.0. The van der Waals surface area contributed by atoms with E-state index in [-0.39, 0.29) is 12.1 Å². The topological polar surface area (TPSA) is 42.0 Å². The maximum atomic E-state index is 12.4. The highest BCUT2D eigenvalue weighted by atomic mass is 79.9. The number of benzene rings is 2. The van der Waals surface area contributed by atoms with E-state index in [4.69, 9.17) is 9.47 Å². The fraction of sp³-hybridized carbons (Fsp3) is 0.435. The Morgan fingerprint density at radius 3 is 2.52 bits per heavy atom. The molecule has 1 heterocycles. The smallest absolute Gasteiger partial charge is 0.410 e. The Bertz CT molecular complexity index is 836. The number of halogens is 1. The first-order chi connectivity index (χ1) is 13.7. The molecule has 1 fully saturated rings. The van der Waals surface area contributed by atoms with E-state index in [9.17, 15) is 4.79 Å². The summed E-state index contributed by atoms with van der Waals surface area (Å²) in [4.78, 5) is 16.6. The normalized spacial score (nSPS) is 17.8. The van der Waals surface area contributed by atoms with E-state index < -0.39 is 5.60 Å². The van der Waals surface area contributed by atoms with Crippen LogP contribution in [0.1, 0.15) is 33.3 Å². The highest BCUT2D eigenvalue weighted by molar-refractivity contribution is 9.10. The Morgan fingerprint density at radius 1 is 1.14 bits per heavy atom. The zero-order valence-corrected chi connectivity index (χ0v) is 19.1. The fourth-order valence-corrected chi connectivity index (χ4v) is 3.72. The number of carbonyl (C=O) groups is 1. The van der Waals surface area contributed by atoms with Gasteiger partial charge in [-0.3, -0.25) is 4.90 Å². The van der Waals surface area contributed by atoms with Gasteiger partial charge in [0.25, 0.3) is 0 Å². The summed E-state index contributed by atoms with van der Waals surface area (Å²) in [5, 5.41) is 0. The number of piperazine rings is 1. The molecule has 1 amide bonds. The second-order valence-electron chi connectivity index (χ2n) is 8.43. The molecule has 6 heteroatoms. The summed E-state index contributed by atoms with van der Waals surface area (Å²) < 4.78 is 12.7. The van der Waals surface area contributed by atoms with E-state index in [2.05, 4.69) is 33.8 Å². The zero-order valence-electron chi connectivity index (χ0n) is 17.5. The van der Waals surface area contributed by atoms with Crippen molar-refractivity contribution in [1.29, 1.82) is 0 Å². The molecule has 0 aromatic heterocycles. The third-order valence-corrected chi connectivity index (χ3v) is 5.23. The minimum absolute atomic E-state index is 0.0903. The molecule has 156 valence electrons. The molecule has 1 saturated heterocycles. The van der Waals surface area contributed by atoms with E-state index in [0.29, 0.717) is 6.54 Å². The first-order valence-electron chi connectivity index (χ1n) is 9.94. The molecule has 0 unspecified atom stereocenters. The van der Waals surface area contributed by atoms with Gasteiger partial charge in [-0.1, -0.05) is 40.2 Å². The molecule has 1 aliphatic rings. The van der Waals surface area contributed by atoms with Crippen molar-refractivity contribution in [3.05, 3.63) is 58.6 Å². The lowest BCUT2D eigenvalue weighted by molar-refractivity contribution is 0.000490. The van der Waals surface area contributed by atoms with E-state index in [0.717, 1.165) is 41.2 Å². The van der Waals surface area contributed by atoms with Crippen LogP contribution < -0.4 is 4.74 Å². The Kier molecular flexibility index (Phi) is 6.85. The van der Waals surface area contributed by atoms with Gasteiger partial charge in [0, 0.05) is 42.3 Å². The first kappa shape index (κ1) is 21.7. The summed E-state index contributed by atoms with van der Waals surface area (Å²) in [6.07, 6.45) is -0.235. The quantitative estimate of drug-likeness (QED) is 0.588. The molecule has 3 rings (SSSR count). The van der Waals surface area contributed by atoms with Crippen molar-refractivity contribution in [3.8, 4) is 11.5 Å². The molecular formula is C23H29BrN2O3. The summed E-state index contributed by atoms with van der Waals surface area (Å²) in [5.74, 6) is 1.66. The molecule has 2 aromatic rings. The number of carbonyl (C=O) groups excluding carboxylic acids is 1. The number of hydrogen-bond donors (Lipinski definition) is 0. The monoisotopic (exact) mass is 460 g/mol. The van der Waals surface area contributed by atoms with Gasteiger partial charge < -0.3 is 14.4 Å². The van der Waals surface area contributed by atoms with Crippen molar-refractivity contribution in [2.24, 2.45) is 0 Å². The highest BCUT2D eigenvalue weighted by Crippen LogP contribution is 2.30. The van der Waals surface area contributed by atoms with Gasteiger partial charge >= 0.3 is 6.09 Å². The summed E-state index contributed by atoms with van der Waals surface area (Å²) in [5.41, 5.74) is 0.643. The number of nitrogens with zero attached hydrogens (tertiary/aromatic N) is 2. The van der Waals surface area contributed by atoms with Gasteiger partial charge in [0.2, 0.25) is 0 Å². The number of rotatable bonds is 4.